The highest BCUT2D eigenvalue weighted by atomic mass is 16.5. The number of nitrogens with one attached hydrogen (secondary N) is 2. The summed E-state index contributed by atoms with van der Waals surface area (Å²) in [6.07, 6.45) is 2.99. The number of nitrogens with zero attached hydrogens (tertiary/aromatic N) is 4. The average molecular weight is 340 g/mol. The fraction of sp³-hybridized carbons (Fsp3) is 0.294. The molecule has 0 unspecified atom stereocenters. The summed E-state index contributed by atoms with van der Waals surface area (Å²) in [5, 5.41) is 2.98. The molecule has 0 bridgehead atoms. The SMILES string of the molecule is COc1ccccc1[C@H](C)NC(=O)CN(C)c1ncnc2nc[nH]c12. The number of methoxy groups -OCH3 is 1. The third-order valence-electron chi connectivity index (χ3n) is 3.93. The van der Waals surface area contributed by atoms with Crippen LogP contribution in [0.2, 0.25) is 0 Å². The van der Waals surface area contributed by atoms with Crippen LogP contribution in [0.5, 0.6) is 5.75 Å². The van der Waals surface area contributed by atoms with Crippen molar-refractivity contribution in [2.45, 2.75) is 13.0 Å². The molecule has 3 aromatic rings. The number of H-pyrrole nitrogens is 1. The minimum atomic E-state index is -0.172. The molecule has 3 rings (SSSR count). The summed E-state index contributed by atoms with van der Waals surface area (Å²) >= 11 is 0. The molecule has 130 valence electrons. The Bertz CT molecular complexity index is 878. The number of para-hydroxylation sites is 1. The number of hydrogen-bond donors (Lipinski definition) is 2. The van der Waals surface area contributed by atoms with Crippen molar-refractivity contribution in [2.75, 3.05) is 25.6 Å². The first kappa shape index (κ1) is 16.7. The van der Waals surface area contributed by atoms with E-state index in [1.54, 1.807) is 25.4 Å². The standard InChI is InChI=1S/C17H20N6O2/c1-11(12-6-4-5-7-13(12)25-3)22-14(24)8-23(2)17-15-16(19-9-18-15)20-10-21-17/h4-7,9-11H,8H2,1-3H3,(H,22,24)(H,18,19,20,21)/t11-/m0/s1. The fourth-order valence-electron chi connectivity index (χ4n) is 2.72. The highest BCUT2D eigenvalue weighted by molar-refractivity contribution is 5.87. The minimum Gasteiger partial charge on any atom is -0.496 e. The molecule has 8 nitrogen and oxygen atoms in total. The Morgan fingerprint density at radius 3 is 2.92 bits per heavy atom. The number of likely N-dealkylation sites (N-methyl/N-ethyl adjacent to an activating group) is 1. The van der Waals surface area contributed by atoms with Crippen molar-refractivity contribution >= 4 is 22.9 Å². The van der Waals surface area contributed by atoms with Gasteiger partial charge in [-0.15, -0.1) is 0 Å². The first-order valence-electron chi connectivity index (χ1n) is 7.87. The van der Waals surface area contributed by atoms with Crippen LogP contribution in [0.15, 0.2) is 36.9 Å². The van der Waals surface area contributed by atoms with Crippen LogP contribution in [0.4, 0.5) is 5.82 Å². The number of benzene rings is 1. The summed E-state index contributed by atoms with van der Waals surface area (Å²) in [7, 11) is 3.42. The normalized spacial score (nSPS) is 12.0. The van der Waals surface area contributed by atoms with Crippen LogP contribution >= 0.6 is 0 Å². The Morgan fingerprint density at radius 1 is 1.32 bits per heavy atom. The van der Waals surface area contributed by atoms with Gasteiger partial charge in [0.15, 0.2) is 11.5 Å². The number of aromatic nitrogens is 4. The lowest BCUT2D eigenvalue weighted by atomic mass is 10.1. The Morgan fingerprint density at radius 2 is 2.12 bits per heavy atom. The summed E-state index contributed by atoms with van der Waals surface area (Å²) in [5.41, 5.74) is 2.20. The van der Waals surface area contributed by atoms with E-state index in [0.29, 0.717) is 17.0 Å². The smallest absolute Gasteiger partial charge is 0.240 e. The first-order chi connectivity index (χ1) is 12.1. The molecule has 0 radical (unpaired) electrons. The number of hydrogen-bond acceptors (Lipinski definition) is 6. The Labute approximate surface area is 145 Å². The number of rotatable bonds is 6. The van der Waals surface area contributed by atoms with Gasteiger partial charge in [0.1, 0.15) is 17.6 Å². The second kappa shape index (κ2) is 7.16. The molecule has 2 N–H and O–H groups in total. The Hall–Kier alpha value is -3.16. The number of aromatic amines is 1. The van der Waals surface area contributed by atoms with E-state index in [-0.39, 0.29) is 18.5 Å². The van der Waals surface area contributed by atoms with Crippen molar-refractivity contribution in [2.24, 2.45) is 0 Å². The number of carbonyl (C=O) groups excluding carboxylic acids is 1. The Balaban J connectivity index is 1.69. The molecule has 2 heterocycles. The molecule has 0 saturated carbocycles. The van der Waals surface area contributed by atoms with Gasteiger partial charge in [-0.2, -0.15) is 0 Å². The number of fused-ring (bicyclic) bond motifs is 1. The largest absolute Gasteiger partial charge is 0.496 e. The third kappa shape index (κ3) is 3.52. The molecule has 1 aromatic carbocycles. The van der Waals surface area contributed by atoms with Gasteiger partial charge in [0, 0.05) is 12.6 Å². The van der Waals surface area contributed by atoms with E-state index < -0.39 is 0 Å². The van der Waals surface area contributed by atoms with E-state index in [4.69, 9.17) is 4.74 Å². The predicted octanol–water partition coefficient (Wildman–Crippen LogP) is 1.68. The number of ether oxygens (including phenoxy) is 1. The van der Waals surface area contributed by atoms with Gasteiger partial charge in [0.25, 0.3) is 0 Å². The molecule has 25 heavy (non-hydrogen) atoms. The van der Waals surface area contributed by atoms with Crippen LogP contribution in [-0.4, -0.2) is 46.5 Å². The van der Waals surface area contributed by atoms with Crippen LogP contribution < -0.4 is 15.0 Å². The van der Waals surface area contributed by atoms with E-state index in [1.165, 1.54) is 6.33 Å². The van der Waals surface area contributed by atoms with E-state index >= 15 is 0 Å². The van der Waals surface area contributed by atoms with Crippen LogP contribution in [-0.2, 0) is 4.79 Å². The molecule has 1 atom stereocenters. The van der Waals surface area contributed by atoms with E-state index in [0.717, 1.165) is 11.3 Å². The van der Waals surface area contributed by atoms with Crippen LogP contribution in [0.25, 0.3) is 11.2 Å². The summed E-state index contributed by atoms with van der Waals surface area (Å²) in [5.74, 6) is 1.26. The average Bonchev–Trinajstić information content (AvgIpc) is 3.10. The number of anilines is 1. The van der Waals surface area contributed by atoms with Gasteiger partial charge in [-0.3, -0.25) is 4.79 Å². The monoisotopic (exact) mass is 340 g/mol. The van der Waals surface area contributed by atoms with Gasteiger partial charge in [-0.25, -0.2) is 15.0 Å². The summed E-state index contributed by atoms with van der Waals surface area (Å²) in [6, 6.07) is 7.46. The zero-order valence-electron chi connectivity index (χ0n) is 14.4. The van der Waals surface area contributed by atoms with Crippen LogP contribution in [0.1, 0.15) is 18.5 Å². The van der Waals surface area contributed by atoms with Gasteiger partial charge in [0.05, 0.1) is 26.0 Å². The highest BCUT2D eigenvalue weighted by Gasteiger charge is 2.17. The lowest BCUT2D eigenvalue weighted by Gasteiger charge is -2.21. The zero-order chi connectivity index (χ0) is 17.8. The van der Waals surface area contributed by atoms with Crippen molar-refractivity contribution < 1.29 is 9.53 Å². The lowest BCUT2D eigenvalue weighted by Crippen LogP contribution is -2.37. The molecular formula is C17H20N6O2. The van der Waals surface area contributed by atoms with Gasteiger partial charge in [-0.1, -0.05) is 18.2 Å². The van der Waals surface area contributed by atoms with Gasteiger partial charge in [-0.05, 0) is 13.0 Å². The molecule has 0 aliphatic rings. The molecule has 0 spiro atoms. The van der Waals surface area contributed by atoms with Crippen molar-refractivity contribution in [1.29, 1.82) is 0 Å². The van der Waals surface area contributed by atoms with Gasteiger partial charge in [0.2, 0.25) is 5.91 Å². The van der Waals surface area contributed by atoms with Gasteiger partial charge >= 0.3 is 0 Å². The summed E-state index contributed by atoms with van der Waals surface area (Å²) < 4.78 is 5.35. The Kier molecular flexibility index (Phi) is 4.78. The highest BCUT2D eigenvalue weighted by Crippen LogP contribution is 2.24. The maximum absolute atomic E-state index is 12.4. The van der Waals surface area contributed by atoms with E-state index in [1.807, 2.05) is 31.2 Å². The second-order valence-corrected chi connectivity index (χ2v) is 5.69. The van der Waals surface area contributed by atoms with Crippen molar-refractivity contribution in [3.8, 4) is 5.75 Å². The van der Waals surface area contributed by atoms with Crippen molar-refractivity contribution in [3.05, 3.63) is 42.5 Å². The first-order valence-corrected chi connectivity index (χ1v) is 7.87. The maximum Gasteiger partial charge on any atom is 0.240 e. The summed E-state index contributed by atoms with van der Waals surface area (Å²) in [4.78, 5) is 29.6. The molecule has 0 fully saturated rings. The van der Waals surface area contributed by atoms with Gasteiger partial charge < -0.3 is 19.9 Å². The molecule has 0 aliphatic heterocycles. The van der Waals surface area contributed by atoms with Crippen LogP contribution in [0, 0.1) is 0 Å². The third-order valence-corrected chi connectivity index (χ3v) is 3.93. The fourth-order valence-corrected chi connectivity index (χ4v) is 2.72. The van der Waals surface area contributed by atoms with Crippen molar-refractivity contribution in [3.63, 3.8) is 0 Å². The van der Waals surface area contributed by atoms with Crippen LogP contribution in [0.3, 0.4) is 0 Å². The number of carbonyl (C=O) groups is 1. The molecular weight excluding hydrogens is 320 g/mol. The number of amides is 1. The topological polar surface area (TPSA) is 96.0 Å². The quantitative estimate of drug-likeness (QED) is 0.709. The second-order valence-electron chi connectivity index (χ2n) is 5.69. The molecule has 2 aromatic heterocycles. The molecule has 8 heteroatoms. The number of imidazole rings is 1. The lowest BCUT2D eigenvalue weighted by molar-refractivity contribution is -0.120. The molecule has 1 amide bonds. The van der Waals surface area contributed by atoms with E-state index in [2.05, 4.69) is 25.3 Å². The predicted molar refractivity (Wildman–Crippen MR) is 94.5 cm³/mol. The molecule has 0 saturated heterocycles. The molecule has 0 aliphatic carbocycles. The maximum atomic E-state index is 12.4. The summed E-state index contributed by atoms with van der Waals surface area (Å²) in [6.45, 7) is 2.08. The van der Waals surface area contributed by atoms with Crippen molar-refractivity contribution in [1.82, 2.24) is 25.3 Å². The minimum absolute atomic E-state index is 0.118. The van der Waals surface area contributed by atoms with E-state index in [9.17, 15) is 4.79 Å². The zero-order valence-corrected chi connectivity index (χ0v) is 14.4.